The zero-order valence-electron chi connectivity index (χ0n) is 7.60. The number of fused-ring (bicyclic) bond motifs is 1. The maximum absolute atomic E-state index is 4.34. The van der Waals surface area contributed by atoms with Crippen molar-refractivity contribution in [2.45, 2.75) is 19.8 Å². The van der Waals surface area contributed by atoms with Crippen LogP contribution in [0, 0.1) is 0 Å². The molecule has 0 saturated heterocycles. The van der Waals surface area contributed by atoms with Gasteiger partial charge in [-0.2, -0.15) is 5.10 Å². The van der Waals surface area contributed by atoms with E-state index in [0.29, 0.717) is 11.6 Å². The molecule has 2 rings (SSSR count). The predicted molar refractivity (Wildman–Crippen MR) is 49.2 cm³/mol. The number of rotatable bonds is 1. The molecule has 0 aliphatic rings. The molecule has 2 heterocycles. The summed E-state index contributed by atoms with van der Waals surface area (Å²) in [5, 5.41) is 7.66. The zero-order valence-corrected chi connectivity index (χ0v) is 7.60. The molecule has 0 saturated carbocycles. The Morgan fingerprint density at radius 2 is 2.15 bits per heavy atom. The van der Waals surface area contributed by atoms with Crippen molar-refractivity contribution in [3.63, 3.8) is 0 Å². The topological polar surface area (TPSA) is 51.6 Å². The van der Waals surface area contributed by atoms with Crippen molar-refractivity contribution in [2.75, 3.05) is 0 Å². The van der Waals surface area contributed by atoms with Gasteiger partial charge in [0.15, 0.2) is 0 Å². The third kappa shape index (κ3) is 1.47. The van der Waals surface area contributed by atoms with Gasteiger partial charge in [-0.3, -0.25) is 4.98 Å². The second-order valence-electron chi connectivity index (χ2n) is 3.19. The van der Waals surface area contributed by atoms with Crippen LogP contribution in [0.2, 0.25) is 0 Å². The molecule has 0 atom stereocenters. The lowest BCUT2D eigenvalue weighted by Gasteiger charge is -2.02. The summed E-state index contributed by atoms with van der Waals surface area (Å²) in [6.07, 6.45) is 3.40. The lowest BCUT2D eigenvalue weighted by molar-refractivity contribution is 0.816. The van der Waals surface area contributed by atoms with E-state index in [4.69, 9.17) is 0 Å². The minimum absolute atomic E-state index is 0.374. The van der Waals surface area contributed by atoms with Gasteiger partial charge in [-0.25, -0.2) is 4.98 Å². The first-order chi connectivity index (χ1) is 6.27. The average Bonchev–Trinajstić information content (AvgIpc) is 2.17. The Hall–Kier alpha value is -1.58. The monoisotopic (exact) mass is 174 g/mol. The summed E-state index contributed by atoms with van der Waals surface area (Å²) in [7, 11) is 0. The predicted octanol–water partition coefficient (Wildman–Crippen LogP) is 1.54. The number of hydrogen-bond donors (Lipinski definition) is 0. The van der Waals surface area contributed by atoms with Gasteiger partial charge < -0.3 is 0 Å². The molecule has 4 nitrogen and oxygen atoms in total. The van der Waals surface area contributed by atoms with Gasteiger partial charge in [-0.15, -0.1) is 5.10 Å². The highest BCUT2D eigenvalue weighted by atomic mass is 15.1. The van der Waals surface area contributed by atoms with E-state index in [2.05, 4.69) is 34.0 Å². The summed E-state index contributed by atoms with van der Waals surface area (Å²) < 4.78 is 0. The van der Waals surface area contributed by atoms with E-state index >= 15 is 0 Å². The van der Waals surface area contributed by atoms with Gasteiger partial charge in [0.1, 0.15) is 5.52 Å². The fourth-order valence-electron chi connectivity index (χ4n) is 1.06. The summed E-state index contributed by atoms with van der Waals surface area (Å²) in [5.41, 5.74) is 2.36. The van der Waals surface area contributed by atoms with E-state index in [0.717, 1.165) is 11.2 Å². The standard InChI is InChI=1S/C9H10N4/c1-6(2)8-5-10-7-3-4-11-13-9(7)12-8/h3-6H,1-2H3. The number of nitrogens with zero attached hydrogens (tertiary/aromatic N) is 4. The van der Waals surface area contributed by atoms with Crippen molar-refractivity contribution in [1.82, 2.24) is 20.2 Å². The van der Waals surface area contributed by atoms with E-state index < -0.39 is 0 Å². The molecule has 4 heteroatoms. The molecule has 0 aromatic carbocycles. The van der Waals surface area contributed by atoms with E-state index in [1.165, 1.54) is 0 Å². The summed E-state index contributed by atoms with van der Waals surface area (Å²) in [4.78, 5) is 8.58. The van der Waals surface area contributed by atoms with Crippen LogP contribution in [0.15, 0.2) is 18.5 Å². The number of aromatic nitrogens is 4. The quantitative estimate of drug-likeness (QED) is 0.658. The van der Waals surface area contributed by atoms with Crippen molar-refractivity contribution in [3.05, 3.63) is 24.2 Å². The fourth-order valence-corrected chi connectivity index (χ4v) is 1.06. The van der Waals surface area contributed by atoms with E-state index in [-0.39, 0.29) is 0 Å². The highest BCUT2D eigenvalue weighted by Gasteiger charge is 2.03. The molecular weight excluding hydrogens is 164 g/mol. The Kier molecular flexibility index (Phi) is 1.88. The summed E-state index contributed by atoms with van der Waals surface area (Å²) in [6.45, 7) is 4.15. The largest absolute Gasteiger partial charge is 0.251 e. The smallest absolute Gasteiger partial charge is 0.200 e. The van der Waals surface area contributed by atoms with E-state index in [9.17, 15) is 0 Å². The molecule has 0 amide bonds. The average molecular weight is 174 g/mol. The SMILES string of the molecule is CC(C)c1cnc2ccnnc2n1. The van der Waals surface area contributed by atoms with Crippen LogP contribution in [0.3, 0.4) is 0 Å². The van der Waals surface area contributed by atoms with Crippen molar-refractivity contribution in [2.24, 2.45) is 0 Å². The lowest BCUT2D eigenvalue weighted by Crippen LogP contribution is -1.97. The third-order valence-corrected chi connectivity index (χ3v) is 1.84. The first kappa shape index (κ1) is 8.04. The second kappa shape index (κ2) is 3.05. The Morgan fingerprint density at radius 1 is 1.31 bits per heavy atom. The Bertz CT molecular complexity index is 425. The van der Waals surface area contributed by atoms with Gasteiger partial charge in [0.25, 0.3) is 0 Å². The molecule has 66 valence electrons. The van der Waals surface area contributed by atoms with Crippen LogP contribution in [0.25, 0.3) is 11.2 Å². The number of hydrogen-bond acceptors (Lipinski definition) is 4. The van der Waals surface area contributed by atoms with Gasteiger partial charge in [0.05, 0.1) is 11.9 Å². The Labute approximate surface area is 76.1 Å². The Morgan fingerprint density at radius 3 is 2.92 bits per heavy atom. The first-order valence-electron chi connectivity index (χ1n) is 4.21. The maximum Gasteiger partial charge on any atom is 0.200 e. The molecule has 2 aromatic heterocycles. The molecule has 0 bridgehead atoms. The normalized spacial score (nSPS) is 11.0. The highest BCUT2D eigenvalue weighted by Crippen LogP contribution is 2.12. The first-order valence-corrected chi connectivity index (χ1v) is 4.21. The molecule has 13 heavy (non-hydrogen) atoms. The zero-order chi connectivity index (χ0) is 9.26. The second-order valence-corrected chi connectivity index (χ2v) is 3.19. The molecule has 0 fully saturated rings. The van der Waals surface area contributed by atoms with E-state index in [1.807, 2.05) is 0 Å². The van der Waals surface area contributed by atoms with Gasteiger partial charge in [-0.05, 0) is 12.0 Å². The minimum Gasteiger partial charge on any atom is -0.251 e. The lowest BCUT2D eigenvalue weighted by atomic mass is 10.1. The molecule has 0 aliphatic heterocycles. The van der Waals surface area contributed by atoms with Gasteiger partial charge >= 0.3 is 0 Å². The van der Waals surface area contributed by atoms with Crippen LogP contribution >= 0.6 is 0 Å². The van der Waals surface area contributed by atoms with Gasteiger partial charge in [0, 0.05) is 6.20 Å². The van der Waals surface area contributed by atoms with Crippen LogP contribution in [0.5, 0.6) is 0 Å². The van der Waals surface area contributed by atoms with Crippen molar-refractivity contribution in [3.8, 4) is 0 Å². The van der Waals surface area contributed by atoms with E-state index in [1.54, 1.807) is 18.5 Å². The summed E-state index contributed by atoms with van der Waals surface area (Å²) in [5.74, 6) is 0.374. The van der Waals surface area contributed by atoms with Crippen molar-refractivity contribution >= 4 is 11.2 Å². The van der Waals surface area contributed by atoms with Crippen LogP contribution in [-0.2, 0) is 0 Å². The van der Waals surface area contributed by atoms with Crippen LogP contribution < -0.4 is 0 Å². The van der Waals surface area contributed by atoms with Crippen molar-refractivity contribution < 1.29 is 0 Å². The molecule has 2 aromatic rings. The molecule has 0 spiro atoms. The maximum atomic E-state index is 4.34. The molecule has 0 unspecified atom stereocenters. The highest BCUT2D eigenvalue weighted by molar-refractivity contribution is 5.67. The van der Waals surface area contributed by atoms with Gasteiger partial charge in [0.2, 0.25) is 5.65 Å². The van der Waals surface area contributed by atoms with Crippen LogP contribution in [-0.4, -0.2) is 20.2 Å². The van der Waals surface area contributed by atoms with Crippen LogP contribution in [0.4, 0.5) is 0 Å². The van der Waals surface area contributed by atoms with Crippen LogP contribution in [0.1, 0.15) is 25.5 Å². The molecular formula is C9H10N4. The van der Waals surface area contributed by atoms with Crippen molar-refractivity contribution in [1.29, 1.82) is 0 Å². The van der Waals surface area contributed by atoms with Gasteiger partial charge in [-0.1, -0.05) is 13.8 Å². The molecule has 0 aliphatic carbocycles. The summed E-state index contributed by atoms with van der Waals surface area (Å²) in [6, 6.07) is 1.80. The molecule has 0 radical (unpaired) electrons. The summed E-state index contributed by atoms with van der Waals surface area (Å²) >= 11 is 0. The molecule has 0 N–H and O–H groups in total. The third-order valence-electron chi connectivity index (χ3n) is 1.84. The minimum atomic E-state index is 0.374. The Balaban J connectivity index is 2.62. The fraction of sp³-hybridized carbons (Fsp3) is 0.333.